The molecule has 2 fully saturated rings. The Morgan fingerprint density at radius 3 is 2.22 bits per heavy atom. The van der Waals surface area contributed by atoms with Gasteiger partial charge in [-0.15, -0.1) is 0 Å². The van der Waals surface area contributed by atoms with Crippen LogP contribution < -0.4 is 4.72 Å². The maximum absolute atomic E-state index is 11.6. The molecule has 2 aliphatic rings. The lowest BCUT2D eigenvalue weighted by molar-refractivity contribution is 0.105. The molecule has 0 amide bonds. The van der Waals surface area contributed by atoms with Gasteiger partial charge < -0.3 is 9.88 Å². The molecular weight excluding hydrogens is 674 g/mol. The summed E-state index contributed by atoms with van der Waals surface area (Å²) >= 11 is 6.14. The van der Waals surface area contributed by atoms with Crippen molar-refractivity contribution in [3.05, 3.63) is 142 Å². The minimum Gasteiger partial charge on any atom is -0.361 e. The van der Waals surface area contributed by atoms with Crippen molar-refractivity contribution in [1.29, 1.82) is 0 Å². The second-order valence-corrected chi connectivity index (χ2v) is 16.6. The Kier molecular flexibility index (Phi) is 12.7. The maximum Gasteiger partial charge on any atom is 0.211 e. The average molecular weight is 726 g/mol. The van der Waals surface area contributed by atoms with Crippen molar-refractivity contribution in [3.8, 4) is 0 Å². The summed E-state index contributed by atoms with van der Waals surface area (Å²) in [5, 5.41) is 2.04. The predicted molar refractivity (Wildman–Crippen MR) is 212 cm³/mol. The van der Waals surface area contributed by atoms with E-state index in [9.17, 15) is 8.42 Å². The van der Waals surface area contributed by atoms with E-state index in [1.807, 2.05) is 18.2 Å². The Bertz CT molecular complexity index is 1950. The lowest BCUT2D eigenvalue weighted by atomic mass is 9.89. The first-order valence-electron chi connectivity index (χ1n) is 18.2. The van der Waals surface area contributed by atoms with Crippen LogP contribution in [-0.4, -0.2) is 87.2 Å². The first kappa shape index (κ1) is 37.3. The number of piperidine rings is 1. The average Bonchev–Trinajstić information content (AvgIpc) is 3.57. The molecule has 2 N–H and O–H groups in total. The quantitative estimate of drug-likeness (QED) is 0.155. The van der Waals surface area contributed by atoms with E-state index in [1.165, 1.54) is 53.1 Å². The number of aryl methyl sites for hydroxylation is 2. The number of rotatable bonds is 10. The molecule has 0 radical (unpaired) electrons. The Balaban J connectivity index is 0.000000179. The van der Waals surface area contributed by atoms with Crippen molar-refractivity contribution in [1.82, 2.24) is 24.4 Å². The van der Waals surface area contributed by atoms with Gasteiger partial charge in [-0.3, -0.25) is 9.80 Å². The van der Waals surface area contributed by atoms with Crippen LogP contribution >= 0.6 is 11.6 Å². The molecule has 4 aromatic carbocycles. The minimum atomic E-state index is -3.16. The third-order valence-electron chi connectivity index (χ3n) is 10.5. The molecule has 0 bridgehead atoms. The smallest absolute Gasteiger partial charge is 0.211 e. The van der Waals surface area contributed by atoms with Crippen molar-refractivity contribution >= 4 is 32.5 Å². The van der Waals surface area contributed by atoms with Crippen molar-refractivity contribution in [2.45, 2.75) is 44.7 Å². The van der Waals surface area contributed by atoms with Crippen LogP contribution in [0, 0.1) is 6.92 Å². The van der Waals surface area contributed by atoms with Gasteiger partial charge in [0.2, 0.25) is 10.0 Å². The molecule has 5 aromatic rings. The summed E-state index contributed by atoms with van der Waals surface area (Å²) in [5.41, 5.74) is 8.99. The van der Waals surface area contributed by atoms with E-state index in [2.05, 4.69) is 123 Å². The highest BCUT2D eigenvalue weighted by atomic mass is 35.5. The van der Waals surface area contributed by atoms with Crippen LogP contribution in [0.4, 0.5) is 0 Å². The first-order chi connectivity index (χ1) is 24.7. The maximum atomic E-state index is 11.6. The van der Waals surface area contributed by atoms with Crippen LogP contribution in [0.3, 0.4) is 0 Å². The van der Waals surface area contributed by atoms with E-state index in [4.69, 9.17) is 11.6 Å². The summed E-state index contributed by atoms with van der Waals surface area (Å²) in [7, 11) is 0.476. The number of aromatic amines is 1. The van der Waals surface area contributed by atoms with Crippen molar-refractivity contribution in [3.63, 3.8) is 0 Å². The van der Waals surface area contributed by atoms with Gasteiger partial charge in [-0.05, 0) is 111 Å². The van der Waals surface area contributed by atoms with Crippen LogP contribution in [0.5, 0.6) is 0 Å². The van der Waals surface area contributed by atoms with Gasteiger partial charge in [-0.2, -0.15) is 0 Å². The topological polar surface area (TPSA) is 71.7 Å². The molecule has 270 valence electrons. The molecule has 3 heterocycles. The Morgan fingerprint density at radius 2 is 1.53 bits per heavy atom. The number of benzene rings is 4. The van der Waals surface area contributed by atoms with Gasteiger partial charge in [0.05, 0.1) is 11.8 Å². The van der Waals surface area contributed by atoms with Crippen LogP contribution in [0.15, 0.2) is 103 Å². The Morgan fingerprint density at radius 1 is 0.824 bits per heavy atom. The molecule has 1 aromatic heterocycles. The van der Waals surface area contributed by atoms with Gasteiger partial charge in [0.1, 0.15) is 0 Å². The highest BCUT2D eigenvalue weighted by Gasteiger charge is 2.26. The highest BCUT2D eigenvalue weighted by molar-refractivity contribution is 7.89. The van der Waals surface area contributed by atoms with Crippen LogP contribution in [0.25, 0.3) is 10.9 Å². The van der Waals surface area contributed by atoms with Gasteiger partial charge in [-0.25, -0.2) is 13.1 Å². The molecule has 2 aliphatic heterocycles. The second kappa shape index (κ2) is 17.3. The zero-order valence-corrected chi connectivity index (χ0v) is 31.8. The van der Waals surface area contributed by atoms with Crippen molar-refractivity contribution in [2.75, 3.05) is 59.1 Å². The van der Waals surface area contributed by atoms with Gasteiger partial charge in [-0.1, -0.05) is 90.0 Å². The summed E-state index contributed by atoms with van der Waals surface area (Å²) in [5.74, 6) is 0.722. The second-order valence-electron chi connectivity index (χ2n) is 14.1. The molecule has 0 spiro atoms. The number of hydrogen-bond donors (Lipinski definition) is 2. The van der Waals surface area contributed by atoms with E-state index in [0.29, 0.717) is 12.3 Å². The van der Waals surface area contributed by atoms with Crippen LogP contribution in [-0.2, 0) is 23.0 Å². The molecule has 1 unspecified atom stereocenters. The molecule has 9 heteroatoms. The molecule has 0 saturated carbocycles. The summed E-state index contributed by atoms with van der Waals surface area (Å²) in [4.78, 5) is 10.9. The minimum absolute atomic E-state index is 0.128. The Hall–Kier alpha value is -3.50. The number of piperazine rings is 1. The fourth-order valence-electron chi connectivity index (χ4n) is 7.50. The summed E-state index contributed by atoms with van der Waals surface area (Å²) in [6.07, 6.45) is 5.04. The molecule has 2 saturated heterocycles. The highest BCUT2D eigenvalue weighted by Crippen LogP contribution is 2.34. The summed E-state index contributed by atoms with van der Waals surface area (Å²) < 4.78 is 25.6. The number of nitrogens with one attached hydrogen (secondary N) is 2. The number of likely N-dealkylation sites (tertiary alicyclic amines) is 1. The van der Waals surface area contributed by atoms with Gasteiger partial charge in [0, 0.05) is 54.8 Å². The molecule has 51 heavy (non-hydrogen) atoms. The number of sulfonamides is 1. The summed E-state index contributed by atoms with van der Waals surface area (Å²) in [6, 6.07) is 34.5. The largest absolute Gasteiger partial charge is 0.361 e. The molecular formula is C42H52ClN5O2S. The number of H-pyrrole nitrogens is 1. The lowest BCUT2D eigenvalue weighted by Crippen LogP contribution is -2.47. The summed E-state index contributed by atoms with van der Waals surface area (Å²) in [6.45, 7) is 9.77. The molecule has 1 atom stereocenters. The standard InChI is InChI=1S/C25H27ClN2.C17H25N3O2S/c1-20-6-5-7-21(18-20)19-27-14-16-28(17-15-27)25(22-8-3-2-4-9-22)23-10-12-24(26)13-11-23;1-18-23(21,22)10-7-13-3-4-17-15(11-13)16(12-19-17)14-5-8-20(2)9-6-14/h2-13,18,25H,14-17,19H2,1H3;3-4,11-12,14,18-19H,5-10H2,1-2H3. The molecule has 7 rings (SSSR count). The third kappa shape index (κ3) is 10.1. The lowest BCUT2D eigenvalue weighted by Gasteiger charge is -2.40. The van der Waals surface area contributed by atoms with E-state index in [1.54, 1.807) is 0 Å². The zero-order chi connectivity index (χ0) is 35.8. The zero-order valence-electron chi connectivity index (χ0n) is 30.2. The number of fused-ring (bicyclic) bond motifs is 1. The van der Waals surface area contributed by atoms with E-state index in [0.717, 1.165) is 61.9 Å². The molecule has 0 aliphatic carbocycles. The van der Waals surface area contributed by atoms with E-state index >= 15 is 0 Å². The number of nitrogens with zero attached hydrogens (tertiary/aromatic N) is 3. The predicted octanol–water partition coefficient (Wildman–Crippen LogP) is 7.62. The third-order valence-corrected chi connectivity index (χ3v) is 12.1. The fraction of sp³-hybridized carbons (Fsp3) is 0.381. The van der Waals surface area contributed by atoms with Gasteiger partial charge >= 0.3 is 0 Å². The van der Waals surface area contributed by atoms with Crippen molar-refractivity contribution < 1.29 is 8.42 Å². The normalized spacial score (nSPS) is 17.3. The SMILES string of the molecule is CNS(=O)(=O)CCc1ccc2[nH]cc(C3CCN(C)CC3)c2c1.Cc1cccc(CN2CCN(C(c3ccccc3)c3ccc(Cl)cc3)CC2)c1. The Labute approximate surface area is 309 Å². The molecule has 7 nitrogen and oxygen atoms in total. The number of hydrogen-bond acceptors (Lipinski definition) is 5. The van der Waals surface area contributed by atoms with Crippen LogP contribution in [0.2, 0.25) is 5.02 Å². The van der Waals surface area contributed by atoms with E-state index in [-0.39, 0.29) is 11.8 Å². The monoisotopic (exact) mass is 725 g/mol. The van der Waals surface area contributed by atoms with Crippen LogP contribution in [0.1, 0.15) is 58.2 Å². The van der Waals surface area contributed by atoms with Crippen molar-refractivity contribution in [2.24, 2.45) is 0 Å². The number of halogens is 1. The van der Waals surface area contributed by atoms with Gasteiger partial charge in [0.15, 0.2) is 0 Å². The van der Waals surface area contributed by atoms with Gasteiger partial charge in [0.25, 0.3) is 0 Å². The fourth-order valence-corrected chi connectivity index (χ4v) is 8.33. The van der Waals surface area contributed by atoms with E-state index < -0.39 is 10.0 Å². The first-order valence-corrected chi connectivity index (χ1v) is 20.2. The number of aromatic nitrogens is 1.